The Kier molecular flexibility index (Phi) is 3.26. The van der Waals surface area contributed by atoms with Crippen LogP contribution in [0.2, 0.25) is 0 Å². The first kappa shape index (κ1) is 11.5. The second kappa shape index (κ2) is 4.27. The Balaban J connectivity index is 2.81. The highest BCUT2D eigenvalue weighted by atomic mass is 16.6. The highest BCUT2D eigenvalue weighted by Gasteiger charge is 2.17. The molecule has 2 N–H and O–H groups in total. The van der Waals surface area contributed by atoms with E-state index in [0.29, 0.717) is 0 Å². The number of nitrogens with two attached hydrogens (primary N) is 1. The summed E-state index contributed by atoms with van der Waals surface area (Å²) in [5, 5.41) is 10.6. The lowest BCUT2D eigenvalue weighted by atomic mass is 10.1. The molecule has 0 aliphatic carbocycles. The minimum absolute atomic E-state index is 0.0400. The van der Waals surface area contributed by atoms with Gasteiger partial charge in [0.1, 0.15) is 6.61 Å². The van der Waals surface area contributed by atoms with Crippen molar-refractivity contribution in [1.29, 1.82) is 0 Å². The maximum atomic E-state index is 10.6. The highest BCUT2D eigenvalue weighted by Crippen LogP contribution is 2.26. The Bertz CT molecular complexity index is 358. The van der Waals surface area contributed by atoms with Gasteiger partial charge in [-0.3, -0.25) is 10.1 Å². The fraction of sp³-hybridized carbons (Fsp3) is 0.400. The zero-order chi connectivity index (χ0) is 11.5. The molecule has 0 fully saturated rings. The standard InChI is InChI=1S/C10H14N2O3/c1-10(2,11)7-15-9-6-4-3-5-8(9)12(13)14/h3-6H,7,11H2,1-2H3. The molecule has 0 spiro atoms. The first-order valence-electron chi connectivity index (χ1n) is 4.55. The monoisotopic (exact) mass is 210 g/mol. The molecule has 0 saturated carbocycles. The van der Waals surface area contributed by atoms with Crippen molar-refractivity contribution in [3.8, 4) is 5.75 Å². The molecule has 0 atom stereocenters. The van der Waals surface area contributed by atoms with E-state index in [1.807, 2.05) is 0 Å². The first-order chi connectivity index (χ1) is 6.90. The SMILES string of the molecule is CC(C)(N)COc1ccccc1[N+](=O)[O-]. The van der Waals surface area contributed by atoms with E-state index < -0.39 is 10.5 Å². The lowest BCUT2D eigenvalue weighted by molar-refractivity contribution is -0.385. The van der Waals surface area contributed by atoms with Crippen molar-refractivity contribution in [2.75, 3.05) is 6.61 Å². The summed E-state index contributed by atoms with van der Waals surface area (Å²) in [7, 11) is 0. The summed E-state index contributed by atoms with van der Waals surface area (Å²) in [4.78, 5) is 10.2. The van der Waals surface area contributed by atoms with Crippen molar-refractivity contribution in [2.45, 2.75) is 19.4 Å². The van der Waals surface area contributed by atoms with Crippen molar-refractivity contribution in [1.82, 2.24) is 0 Å². The molecular weight excluding hydrogens is 196 g/mol. The third kappa shape index (κ3) is 3.55. The summed E-state index contributed by atoms with van der Waals surface area (Å²) < 4.78 is 5.30. The molecule has 0 bridgehead atoms. The molecule has 0 unspecified atom stereocenters. The van der Waals surface area contributed by atoms with Crippen molar-refractivity contribution in [2.24, 2.45) is 5.73 Å². The van der Waals surface area contributed by atoms with Crippen LogP contribution in [0.5, 0.6) is 5.75 Å². The summed E-state index contributed by atoms with van der Waals surface area (Å²) in [6, 6.07) is 6.24. The van der Waals surface area contributed by atoms with Gasteiger partial charge < -0.3 is 10.5 Å². The van der Waals surface area contributed by atoms with Crippen molar-refractivity contribution < 1.29 is 9.66 Å². The topological polar surface area (TPSA) is 78.4 Å². The fourth-order valence-corrected chi connectivity index (χ4v) is 0.994. The van der Waals surface area contributed by atoms with Crippen LogP contribution in [0.1, 0.15) is 13.8 Å². The third-order valence-electron chi connectivity index (χ3n) is 1.66. The Labute approximate surface area is 88.0 Å². The summed E-state index contributed by atoms with van der Waals surface area (Å²) in [6.07, 6.45) is 0. The van der Waals surface area contributed by atoms with Crippen LogP contribution in [0.25, 0.3) is 0 Å². The van der Waals surface area contributed by atoms with E-state index in [-0.39, 0.29) is 18.0 Å². The van der Waals surface area contributed by atoms with Gasteiger partial charge in [0.05, 0.1) is 4.92 Å². The zero-order valence-corrected chi connectivity index (χ0v) is 8.77. The molecule has 1 aromatic carbocycles. The maximum Gasteiger partial charge on any atom is 0.310 e. The number of hydrogen-bond donors (Lipinski definition) is 1. The van der Waals surface area contributed by atoms with E-state index in [0.717, 1.165) is 0 Å². The number of nitro groups is 1. The lowest BCUT2D eigenvalue weighted by Crippen LogP contribution is -2.38. The average Bonchev–Trinajstić information content (AvgIpc) is 2.14. The molecule has 1 aromatic rings. The van der Waals surface area contributed by atoms with Gasteiger partial charge in [0.15, 0.2) is 5.75 Å². The minimum atomic E-state index is -0.510. The average molecular weight is 210 g/mol. The van der Waals surface area contributed by atoms with Crippen LogP contribution in [-0.2, 0) is 0 Å². The number of hydrogen-bond acceptors (Lipinski definition) is 4. The molecule has 5 nitrogen and oxygen atoms in total. The summed E-state index contributed by atoms with van der Waals surface area (Å²) in [5.74, 6) is 0.251. The molecule has 0 aromatic heterocycles. The summed E-state index contributed by atoms with van der Waals surface area (Å²) in [6.45, 7) is 3.82. The lowest BCUT2D eigenvalue weighted by Gasteiger charge is -2.18. The number of para-hydroxylation sites is 2. The van der Waals surface area contributed by atoms with Gasteiger partial charge in [-0.05, 0) is 19.9 Å². The molecule has 0 radical (unpaired) electrons. The normalized spacial score (nSPS) is 11.1. The van der Waals surface area contributed by atoms with Crippen LogP contribution < -0.4 is 10.5 Å². The van der Waals surface area contributed by atoms with E-state index in [9.17, 15) is 10.1 Å². The molecule has 0 aliphatic heterocycles. The van der Waals surface area contributed by atoms with Gasteiger partial charge in [0.25, 0.3) is 0 Å². The van der Waals surface area contributed by atoms with Crippen LogP contribution in [0.4, 0.5) is 5.69 Å². The van der Waals surface area contributed by atoms with E-state index in [4.69, 9.17) is 10.5 Å². The van der Waals surface area contributed by atoms with Crippen LogP contribution in [0, 0.1) is 10.1 Å². The quantitative estimate of drug-likeness (QED) is 0.606. The Morgan fingerprint density at radius 2 is 2.07 bits per heavy atom. The van der Waals surface area contributed by atoms with Crippen LogP contribution in [-0.4, -0.2) is 17.1 Å². The van der Waals surface area contributed by atoms with Gasteiger partial charge in [0, 0.05) is 11.6 Å². The second-order valence-electron chi connectivity index (χ2n) is 4.00. The molecule has 0 saturated heterocycles. The number of nitro benzene ring substituents is 1. The highest BCUT2D eigenvalue weighted by molar-refractivity contribution is 5.45. The molecule has 0 heterocycles. The van der Waals surface area contributed by atoms with Gasteiger partial charge in [-0.1, -0.05) is 12.1 Å². The van der Waals surface area contributed by atoms with Gasteiger partial charge in [0.2, 0.25) is 0 Å². The Hall–Kier alpha value is -1.62. The van der Waals surface area contributed by atoms with Gasteiger partial charge >= 0.3 is 5.69 Å². The van der Waals surface area contributed by atoms with E-state index in [2.05, 4.69) is 0 Å². The van der Waals surface area contributed by atoms with Crippen LogP contribution in [0.3, 0.4) is 0 Å². The summed E-state index contributed by atoms with van der Waals surface area (Å²) >= 11 is 0. The van der Waals surface area contributed by atoms with Crippen molar-refractivity contribution >= 4 is 5.69 Å². The van der Waals surface area contributed by atoms with Crippen LogP contribution in [0.15, 0.2) is 24.3 Å². The zero-order valence-electron chi connectivity index (χ0n) is 8.77. The Morgan fingerprint density at radius 1 is 1.47 bits per heavy atom. The van der Waals surface area contributed by atoms with E-state index in [1.165, 1.54) is 6.07 Å². The van der Waals surface area contributed by atoms with E-state index in [1.54, 1.807) is 32.0 Å². The predicted molar refractivity (Wildman–Crippen MR) is 56.9 cm³/mol. The number of nitrogens with zero attached hydrogens (tertiary/aromatic N) is 1. The molecule has 0 amide bonds. The number of rotatable bonds is 4. The predicted octanol–water partition coefficient (Wildman–Crippen LogP) is 1.71. The van der Waals surface area contributed by atoms with Gasteiger partial charge in [-0.25, -0.2) is 0 Å². The third-order valence-corrected chi connectivity index (χ3v) is 1.66. The molecule has 5 heteroatoms. The van der Waals surface area contributed by atoms with Crippen LogP contribution >= 0.6 is 0 Å². The van der Waals surface area contributed by atoms with E-state index >= 15 is 0 Å². The first-order valence-corrected chi connectivity index (χ1v) is 4.55. The fourth-order valence-electron chi connectivity index (χ4n) is 0.994. The largest absolute Gasteiger partial charge is 0.485 e. The molecule has 1 rings (SSSR count). The maximum absolute atomic E-state index is 10.6. The number of benzene rings is 1. The molecule has 0 aliphatic rings. The molecular formula is C10H14N2O3. The second-order valence-corrected chi connectivity index (χ2v) is 4.00. The van der Waals surface area contributed by atoms with Crippen molar-refractivity contribution in [3.05, 3.63) is 34.4 Å². The minimum Gasteiger partial charge on any atom is -0.485 e. The Morgan fingerprint density at radius 3 is 2.60 bits per heavy atom. The molecule has 15 heavy (non-hydrogen) atoms. The number of ether oxygens (including phenoxy) is 1. The van der Waals surface area contributed by atoms with Gasteiger partial charge in [-0.2, -0.15) is 0 Å². The van der Waals surface area contributed by atoms with Gasteiger partial charge in [-0.15, -0.1) is 0 Å². The smallest absolute Gasteiger partial charge is 0.310 e. The molecule has 82 valence electrons. The summed E-state index contributed by atoms with van der Waals surface area (Å²) in [5.41, 5.74) is 5.16. The van der Waals surface area contributed by atoms with Crippen molar-refractivity contribution in [3.63, 3.8) is 0 Å².